The summed E-state index contributed by atoms with van der Waals surface area (Å²) in [5.41, 5.74) is 1.21. The van der Waals surface area contributed by atoms with Crippen LogP contribution >= 0.6 is 15.9 Å². The van der Waals surface area contributed by atoms with Gasteiger partial charge in [0.05, 0.1) is 13.2 Å². The molecule has 0 aromatic heterocycles. The van der Waals surface area contributed by atoms with Crippen molar-refractivity contribution in [1.82, 2.24) is 5.32 Å². The molecule has 0 bridgehead atoms. The number of hydrogen-bond acceptors (Lipinski definition) is 2. The van der Waals surface area contributed by atoms with E-state index in [-0.39, 0.29) is 11.5 Å². The number of carbonyl (C=O) groups excluding carboxylic acids is 1. The Labute approximate surface area is 114 Å². The molecule has 3 nitrogen and oxygen atoms in total. The van der Waals surface area contributed by atoms with Gasteiger partial charge >= 0.3 is 0 Å². The summed E-state index contributed by atoms with van der Waals surface area (Å²) in [5.74, 6) is -0.776. The van der Waals surface area contributed by atoms with Crippen molar-refractivity contribution >= 4 is 21.8 Å². The highest BCUT2D eigenvalue weighted by Crippen LogP contribution is 2.14. The van der Waals surface area contributed by atoms with Crippen molar-refractivity contribution in [3.05, 3.63) is 46.2 Å². The summed E-state index contributed by atoms with van der Waals surface area (Å²) < 4.78 is 18.8. The van der Waals surface area contributed by atoms with Crippen LogP contribution in [0.5, 0.6) is 0 Å². The van der Waals surface area contributed by atoms with Gasteiger partial charge in [-0.3, -0.25) is 4.79 Å². The predicted octanol–water partition coefficient (Wildman–Crippen LogP) is 2.91. The second kappa shape index (κ2) is 7.28. The normalized spacial score (nSPS) is 10.2. The van der Waals surface area contributed by atoms with E-state index in [4.69, 9.17) is 4.74 Å². The average molecular weight is 316 g/mol. The van der Waals surface area contributed by atoms with E-state index in [0.29, 0.717) is 24.2 Å². The fourth-order valence-electron chi connectivity index (χ4n) is 1.27. The minimum absolute atomic E-state index is 0.279. The molecule has 0 spiro atoms. The molecule has 98 valence electrons. The Morgan fingerprint density at radius 2 is 2.22 bits per heavy atom. The molecule has 1 rings (SSSR count). The Kier molecular flexibility index (Phi) is 6.01. The molecule has 1 aromatic rings. The van der Waals surface area contributed by atoms with E-state index >= 15 is 0 Å². The number of nitrogens with one attached hydrogen (secondary N) is 1. The van der Waals surface area contributed by atoms with Crippen molar-refractivity contribution in [2.75, 3.05) is 19.8 Å². The molecule has 0 saturated carbocycles. The molecule has 1 amide bonds. The lowest BCUT2D eigenvalue weighted by molar-refractivity contribution is 0.0926. The molecular weight excluding hydrogens is 301 g/mol. The van der Waals surface area contributed by atoms with Gasteiger partial charge in [-0.05, 0) is 25.1 Å². The van der Waals surface area contributed by atoms with Crippen LogP contribution in [0.15, 0.2) is 34.8 Å². The van der Waals surface area contributed by atoms with Crippen LogP contribution in [0, 0.1) is 5.82 Å². The number of rotatable bonds is 6. The minimum Gasteiger partial charge on any atom is -0.375 e. The average Bonchev–Trinajstić information content (AvgIpc) is 2.26. The van der Waals surface area contributed by atoms with Crippen LogP contribution in [0.3, 0.4) is 0 Å². The maximum Gasteiger partial charge on any atom is 0.251 e. The van der Waals surface area contributed by atoms with Gasteiger partial charge in [-0.1, -0.05) is 28.1 Å². The molecule has 0 aliphatic carbocycles. The summed E-state index contributed by atoms with van der Waals surface area (Å²) in [5, 5.41) is 2.65. The summed E-state index contributed by atoms with van der Waals surface area (Å²) in [6.45, 7) is 6.81. The molecule has 1 aromatic carbocycles. The molecule has 0 radical (unpaired) electrons. The van der Waals surface area contributed by atoms with Gasteiger partial charge in [-0.2, -0.15) is 0 Å². The van der Waals surface area contributed by atoms with E-state index in [1.807, 2.05) is 6.92 Å². The molecule has 0 aliphatic heterocycles. The molecule has 0 atom stereocenters. The van der Waals surface area contributed by atoms with Crippen LogP contribution in [-0.2, 0) is 4.74 Å². The third-order valence-corrected chi connectivity index (χ3v) is 2.46. The van der Waals surface area contributed by atoms with Gasteiger partial charge in [0.25, 0.3) is 5.91 Å². The van der Waals surface area contributed by atoms with Crippen molar-refractivity contribution < 1.29 is 13.9 Å². The maximum atomic E-state index is 13.1. The van der Waals surface area contributed by atoms with E-state index in [2.05, 4.69) is 27.8 Å². The number of halogens is 2. The lowest BCUT2D eigenvalue weighted by Gasteiger charge is -2.07. The van der Waals surface area contributed by atoms with E-state index in [1.54, 1.807) is 6.07 Å². The number of amides is 1. The van der Waals surface area contributed by atoms with Crippen LogP contribution in [0.4, 0.5) is 4.39 Å². The van der Waals surface area contributed by atoms with Gasteiger partial charge in [0.1, 0.15) is 5.82 Å². The lowest BCUT2D eigenvalue weighted by atomic mass is 10.2. The largest absolute Gasteiger partial charge is 0.375 e. The highest BCUT2D eigenvalue weighted by Gasteiger charge is 2.07. The van der Waals surface area contributed by atoms with Crippen molar-refractivity contribution in [2.24, 2.45) is 0 Å². The summed E-state index contributed by atoms with van der Waals surface area (Å²) in [6, 6.07) is 4.05. The van der Waals surface area contributed by atoms with Crippen molar-refractivity contribution in [2.45, 2.75) is 6.92 Å². The van der Waals surface area contributed by atoms with Crippen molar-refractivity contribution in [1.29, 1.82) is 0 Å². The second-order valence-corrected chi connectivity index (χ2v) is 4.84. The molecule has 1 N–H and O–H groups in total. The topological polar surface area (TPSA) is 38.3 Å². The van der Waals surface area contributed by atoms with Crippen LogP contribution in [0.1, 0.15) is 17.3 Å². The van der Waals surface area contributed by atoms with Crippen LogP contribution in [-0.4, -0.2) is 25.7 Å². The predicted molar refractivity (Wildman–Crippen MR) is 72.1 cm³/mol. The van der Waals surface area contributed by atoms with Crippen LogP contribution < -0.4 is 5.32 Å². The standard InChI is InChI=1S/C13H15BrFNO2/c1-9(2)8-18-4-3-16-13(17)10-5-11(14)7-12(15)6-10/h5-7H,1,3-4,8H2,2H3,(H,16,17). The van der Waals surface area contributed by atoms with E-state index in [0.717, 1.165) is 5.57 Å². The fraction of sp³-hybridized carbons (Fsp3) is 0.308. The quantitative estimate of drug-likeness (QED) is 0.647. The maximum absolute atomic E-state index is 13.1. The number of ether oxygens (including phenoxy) is 1. The summed E-state index contributed by atoms with van der Waals surface area (Å²) >= 11 is 3.14. The van der Waals surface area contributed by atoms with Gasteiger partial charge in [0, 0.05) is 16.6 Å². The highest BCUT2D eigenvalue weighted by molar-refractivity contribution is 9.10. The summed E-state index contributed by atoms with van der Waals surface area (Å²) in [6.07, 6.45) is 0. The molecule has 18 heavy (non-hydrogen) atoms. The molecule has 0 heterocycles. The Hall–Kier alpha value is -1.20. The summed E-state index contributed by atoms with van der Waals surface area (Å²) in [7, 11) is 0. The smallest absolute Gasteiger partial charge is 0.251 e. The zero-order valence-corrected chi connectivity index (χ0v) is 11.7. The van der Waals surface area contributed by atoms with Gasteiger partial charge in [-0.15, -0.1) is 0 Å². The second-order valence-electron chi connectivity index (χ2n) is 3.92. The number of benzene rings is 1. The Morgan fingerprint density at radius 1 is 1.50 bits per heavy atom. The van der Waals surface area contributed by atoms with E-state index in [1.165, 1.54) is 12.1 Å². The number of hydrogen-bond donors (Lipinski definition) is 1. The zero-order chi connectivity index (χ0) is 13.5. The monoisotopic (exact) mass is 315 g/mol. The fourth-order valence-corrected chi connectivity index (χ4v) is 1.74. The third-order valence-electron chi connectivity index (χ3n) is 2.01. The molecule has 0 saturated heterocycles. The molecule has 5 heteroatoms. The van der Waals surface area contributed by atoms with Crippen LogP contribution in [0.2, 0.25) is 0 Å². The van der Waals surface area contributed by atoms with Crippen molar-refractivity contribution in [3.63, 3.8) is 0 Å². The molecule has 0 fully saturated rings. The first-order chi connectivity index (χ1) is 8.49. The molecule has 0 unspecified atom stereocenters. The highest BCUT2D eigenvalue weighted by atomic mass is 79.9. The molecule has 0 aliphatic rings. The lowest BCUT2D eigenvalue weighted by Crippen LogP contribution is -2.27. The third kappa shape index (κ3) is 5.42. The Bertz CT molecular complexity index is 428. The first kappa shape index (κ1) is 14.9. The van der Waals surface area contributed by atoms with Gasteiger partial charge in [-0.25, -0.2) is 4.39 Å². The Morgan fingerprint density at radius 3 is 2.83 bits per heavy atom. The van der Waals surface area contributed by atoms with Gasteiger partial charge in [0.15, 0.2) is 0 Å². The first-order valence-electron chi connectivity index (χ1n) is 5.45. The molecular formula is C13H15BrFNO2. The van der Waals surface area contributed by atoms with E-state index in [9.17, 15) is 9.18 Å². The SMILES string of the molecule is C=C(C)COCCNC(=O)c1cc(F)cc(Br)c1. The minimum atomic E-state index is -0.451. The number of carbonyl (C=O) groups is 1. The zero-order valence-electron chi connectivity index (χ0n) is 10.1. The Balaban J connectivity index is 2.38. The van der Waals surface area contributed by atoms with Gasteiger partial charge < -0.3 is 10.1 Å². The first-order valence-corrected chi connectivity index (χ1v) is 6.25. The van der Waals surface area contributed by atoms with Crippen molar-refractivity contribution in [3.8, 4) is 0 Å². The van der Waals surface area contributed by atoms with E-state index < -0.39 is 5.82 Å². The van der Waals surface area contributed by atoms with Crippen LogP contribution in [0.25, 0.3) is 0 Å². The van der Waals surface area contributed by atoms with Gasteiger partial charge in [0.2, 0.25) is 0 Å². The summed E-state index contributed by atoms with van der Waals surface area (Å²) in [4.78, 5) is 11.7.